The number of benzene rings is 1. The molecule has 0 bridgehead atoms. The van der Waals surface area contributed by atoms with E-state index in [-0.39, 0.29) is 11.4 Å². The molecular formula is C18H28N4O2S+2. The fourth-order valence-corrected chi connectivity index (χ4v) is 3.62. The van der Waals surface area contributed by atoms with Gasteiger partial charge in [-0.3, -0.25) is 9.36 Å². The Bertz CT molecular complexity index is 797. The predicted octanol–water partition coefficient (Wildman–Crippen LogP) is -0.381. The molecule has 1 aliphatic rings. The van der Waals surface area contributed by atoms with E-state index in [1.165, 1.54) is 9.80 Å². The number of hydrogen-bond donors (Lipinski definition) is 3. The van der Waals surface area contributed by atoms with Crippen molar-refractivity contribution in [3.63, 3.8) is 0 Å². The topological polar surface area (TPSA) is 56.0 Å². The normalized spacial score (nSPS) is 21.4. The third kappa shape index (κ3) is 4.68. The van der Waals surface area contributed by atoms with Gasteiger partial charge in [-0.2, -0.15) is 0 Å². The van der Waals surface area contributed by atoms with Gasteiger partial charge in [0.2, 0.25) is 0 Å². The third-order valence-electron chi connectivity index (χ3n) is 4.54. The summed E-state index contributed by atoms with van der Waals surface area (Å²) >= 11 is 5.38. The van der Waals surface area contributed by atoms with Crippen LogP contribution in [0.5, 0.6) is 0 Å². The van der Waals surface area contributed by atoms with E-state index >= 15 is 0 Å². The van der Waals surface area contributed by atoms with Crippen molar-refractivity contribution in [2.24, 2.45) is 0 Å². The van der Waals surface area contributed by atoms with Crippen molar-refractivity contribution in [2.45, 2.75) is 33.0 Å². The van der Waals surface area contributed by atoms with Crippen LogP contribution in [-0.2, 0) is 11.5 Å². The average Bonchev–Trinajstić information content (AvgIpc) is 2.83. The van der Waals surface area contributed by atoms with Crippen LogP contribution in [0.3, 0.4) is 0 Å². The van der Waals surface area contributed by atoms with E-state index < -0.39 is 0 Å². The van der Waals surface area contributed by atoms with Crippen molar-refractivity contribution in [1.29, 1.82) is 0 Å². The van der Waals surface area contributed by atoms with E-state index in [9.17, 15) is 4.79 Å². The summed E-state index contributed by atoms with van der Waals surface area (Å²) in [7, 11) is 0. The fourth-order valence-electron chi connectivity index (χ4n) is 3.37. The highest BCUT2D eigenvalue weighted by molar-refractivity contribution is 7.71. The van der Waals surface area contributed by atoms with Gasteiger partial charge >= 0.3 is 0 Å². The number of amides is 1. The molecule has 136 valence electrons. The number of quaternary nitrogens is 2. The van der Waals surface area contributed by atoms with Crippen LogP contribution >= 0.6 is 12.2 Å². The number of nitrogens with zero attached hydrogens (tertiary/aromatic N) is 1. The van der Waals surface area contributed by atoms with E-state index in [1.54, 1.807) is 0 Å². The highest BCUT2D eigenvalue weighted by Gasteiger charge is 2.26. The molecule has 1 aromatic heterocycles. The molecule has 2 heterocycles. The van der Waals surface area contributed by atoms with Gasteiger partial charge in [0, 0.05) is 5.54 Å². The molecule has 1 aliphatic heterocycles. The second-order valence-corrected chi connectivity index (χ2v) is 8.25. The lowest BCUT2D eigenvalue weighted by molar-refractivity contribution is -1.02. The van der Waals surface area contributed by atoms with Crippen LogP contribution in [0.15, 0.2) is 28.7 Å². The standard InChI is InChI=1S/C18H26N4O2S/c1-18(2,3)19-16(23)12-20-8-10-21(11-9-20)13-22-14-6-4-5-7-15(14)24-17(22)25/h4-7H,8-13H2,1-3H3,(H,19,23)/p+2. The molecule has 0 saturated carbocycles. The fraction of sp³-hybridized carbons (Fsp3) is 0.556. The summed E-state index contributed by atoms with van der Waals surface area (Å²) in [4.78, 5) is 15.4. The zero-order valence-corrected chi connectivity index (χ0v) is 16.0. The number of carbonyl (C=O) groups excluding carboxylic acids is 1. The predicted molar refractivity (Wildman–Crippen MR) is 99.2 cm³/mol. The number of hydrogen-bond acceptors (Lipinski definition) is 3. The molecule has 6 nitrogen and oxygen atoms in total. The molecule has 25 heavy (non-hydrogen) atoms. The Hall–Kier alpha value is -1.70. The molecule has 1 fully saturated rings. The van der Waals surface area contributed by atoms with Crippen molar-refractivity contribution in [1.82, 2.24) is 9.88 Å². The zero-order chi connectivity index (χ0) is 18.0. The van der Waals surface area contributed by atoms with Crippen molar-refractivity contribution in [3.8, 4) is 0 Å². The monoisotopic (exact) mass is 364 g/mol. The molecule has 0 unspecified atom stereocenters. The highest BCUT2D eigenvalue weighted by atomic mass is 32.1. The Labute approximate surface area is 153 Å². The number of piperazine rings is 1. The van der Waals surface area contributed by atoms with Gasteiger partial charge < -0.3 is 19.5 Å². The van der Waals surface area contributed by atoms with Crippen molar-refractivity contribution < 1.29 is 19.0 Å². The molecule has 7 heteroatoms. The van der Waals surface area contributed by atoms with Crippen molar-refractivity contribution in [2.75, 3.05) is 32.7 Å². The third-order valence-corrected chi connectivity index (χ3v) is 4.85. The SMILES string of the molecule is CC(C)(C)NC(=O)C[NH+]1CC[NH+](Cn2c(=S)oc3ccccc32)CC1. The molecule has 0 spiro atoms. The number of fused-ring (bicyclic) bond motifs is 1. The average molecular weight is 365 g/mol. The number of rotatable bonds is 4. The number of carbonyl (C=O) groups is 1. The van der Waals surface area contributed by atoms with Gasteiger partial charge in [0.25, 0.3) is 10.7 Å². The summed E-state index contributed by atoms with van der Waals surface area (Å²) in [6, 6.07) is 7.97. The number of oxazole rings is 1. The Morgan fingerprint density at radius 3 is 2.52 bits per heavy atom. The Balaban J connectivity index is 1.55. The quantitative estimate of drug-likeness (QED) is 0.649. The van der Waals surface area contributed by atoms with Gasteiger partial charge in [0.05, 0.1) is 5.52 Å². The summed E-state index contributed by atoms with van der Waals surface area (Å²) in [6.45, 7) is 11.5. The summed E-state index contributed by atoms with van der Waals surface area (Å²) in [5.74, 6) is 0.133. The maximum atomic E-state index is 12.1. The lowest BCUT2D eigenvalue weighted by Gasteiger charge is -2.30. The van der Waals surface area contributed by atoms with Crippen molar-refractivity contribution >= 4 is 29.2 Å². The lowest BCUT2D eigenvalue weighted by Crippen LogP contribution is -3.28. The van der Waals surface area contributed by atoms with E-state index in [0.29, 0.717) is 11.4 Å². The molecule has 0 aliphatic carbocycles. The van der Waals surface area contributed by atoms with Gasteiger partial charge in [-0.1, -0.05) is 12.1 Å². The molecule has 3 N–H and O–H groups in total. The van der Waals surface area contributed by atoms with Crippen LogP contribution < -0.4 is 15.1 Å². The summed E-state index contributed by atoms with van der Waals surface area (Å²) in [5, 5.41) is 3.04. The Morgan fingerprint density at radius 2 is 1.84 bits per heavy atom. The number of nitrogens with one attached hydrogen (secondary N) is 3. The zero-order valence-electron chi connectivity index (χ0n) is 15.2. The molecule has 1 amide bonds. The maximum absolute atomic E-state index is 12.1. The smallest absolute Gasteiger partial charge is 0.275 e. The van der Waals surface area contributed by atoms with Gasteiger partial charge in [0.1, 0.15) is 26.2 Å². The lowest BCUT2D eigenvalue weighted by atomic mass is 10.1. The van der Waals surface area contributed by atoms with Gasteiger partial charge in [-0.25, -0.2) is 0 Å². The number of para-hydroxylation sites is 2. The molecular weight excluding hydrogens is 336 g/mol. The van der Waals surface area contributed by atoms with Gasteiger partial charge in [-0.15, -0.1) is 0 Å². The van der Waals surface area contributed by atoms with Crippen LogP contribution in [0.4, 0.5) is 0 Å². The first-order valence-electron chi connectivity index (χ1n) is 8.88. The van der Waals surface area contributed by atoms with E-state index in [2.05, 4.69) is 9.88 Å². The first kappa shape index (κ1) is 18.1. The minimum absolute atomic E-state index is 0.133. The second-order valence-electron chi connectivity index (χ2n) is 7.90. The Kier molecular flexibility index (Phi) is 5.27. The highest BCUT2D eigenvalue weighted by Crippen LogP contribution is 2.15. The minimum atomic E-state index is -0.164. The van der Waals surface area contributed by atoms with Crippen LogP contribution in [0.25, 0.3) is 11.1 Å². The first-order valence-corrected chi connectivity index (χ1v) is 9.29. The Morgan fingerprint density at radius 1 is 1.20 bits per heavy atom. The summed E-state index contributed by atoms with van der Waals surface area (Å²) < 4.78 is 7.75. The molecule has 1 aromatic carbocycles. The van der Waals surface area contributed by atoms with Crippen LogP contribution in [-0.4, -0.2) is 48.7 Å². The van der Waals surface area contributed by atoms with E-state index in [4.69, 9.17) is 16.6 Å². The van der Waals surface area contributed by atoms with Crippen molar-refractivity contribution in [3.05, 3.63) is 29.1 Å². The summed E-state index contributed by atoms with van der Waals surface area (Å²) in [6.07, 6.45) is 0. The first-order chi connectivity index (χ1) is 11.8. The summed E-state index contributed by atoms with van der Waals surface area (Å²) in [5.41, 5.74) is 1.73. The van der Waals surface area contributed by atoms with E-state index in [1.807, 2.05) is 45.0 Å². The van der Waals surface area contributed by atoms with Crippen LogP contribution in [0.2, 0.25) is 0 Å². The van der Waals surface area contributed by atoms with Crippen LogP contribution in [0, 0.1) is 4.84 Å². The molecule has 3 rings (SSSR count). The molecule has 1 saturated heterocycles. The van der Waals surface area contributed by atoms with E-state index in [0.717, 1.165) is 43.9 Å². The maximum Gasteiger partial charge on any atom is 0.275 e. The van der Waals surface area contributed by atoms with Crippen LogP contribution in [0.1, 0.15) is 20.8 Å². The molecule has 0 radical (unpaired) electrons. The van der Waals surface area contributed by atoms with Gasteiger partial charge in [-0.05, 0) is 45.1 Å². The molecule has 2 aromatic rings. The largest absolute Gasteiger partial charge is 0.429 e. The minimum Gasteiger partial charge on any atom is -0.429 e. The number of aromatic nitrogens is 1. The van der Waals surface area contributed by atoms with Gasteiger partial charge in [0.15, 0.2) is 18.8 Å². The second kappa shape index (κ2) is 7.27. The molecule has 0 atom stereocenters.